The van der Waals surface area contributed by atoms with Gasteiger partial charge in [0.25, 0.3) is 0 Å². The summed E-state index contributed by atoms with van der Waals surface area (Å²) < 4.78 is 4.89. The zero-order valence-corrected chi connectivity index (χ0v) is 31.0. The van der Waals surface area contributed by atoms with E-state index in [1.807, 2.05) is 0 Å². The summed E-state index contributed by atoms with van der Waals surface area (Å²) in [7, 11) is 1.50. The summed E-state index contributed by atoms with van der Waals surface area (Å²) in [5.74, 6) is -1.74. The van der Waals surface area contributed by atoms with Gasteiger partial charge in [0.15, 0.2) is 0 Å². The summed E-state index contributed by atoms with van der Waals surface area (Å²) in [4.78, 5) is 44.8. The smallest absolute Gasteiger partial charge is 0.311 e. The fourth-order valence-electron chi connectivity index (χ4n) is 7.77. The molecule has 0 aromatic heterocycles. The summed E-state index contributed by atoms with van der Waals surface area (Å²) in [6, 6.07) is 0. The third kappa shape index (κ3) is 15.2. The molecule has 0 aromatic carbocycles. The van der Waals surface area contributed by atoms with E-state index in [1.54, 1.807) is 0 Å². The molecule has 4 rings (SSSR count). The van der Waals surface area contributed by atoms with Crippen molar-refractivity contribution in [3.05, 3.63) is 0 Å². The van der Waals surface area contributed by atoms with Crippen molar-refractivity contribution >= 4 is 23.9 Å². The fourth-order valence-corrected chi connectivity index (χ4v) is 7.77. The molecular formula is C42H74O8. The van der Waals surface area contributed by atoms with Crippen molar-refractivity contribution in [2.45, 2.75) is 213 Å². The third-order valence-electron chi connectivity index (χ3n) is 12.5. The van der Waals surface area contributed by atoms with Gasteiger partial charge in [-0.15, -0.1) is 0 Å². The van der Waals surface area contributed by atoms with E-state index in [-0.39, 0.29) is 35.1 Å². The van der Waals surface area contributed by atoms with E-state index in [0.717, 1.165) is 103 Å². The molecule has 8 heteroatoms. The Labute approximate surface area is 304 Å². The molecule has 50 heavy (non-hydrogen) atoms. The number of carbonyl (C=O) groups is 4. The van der Waals surface area contributed by atoms with Crippen molar-refractivity contribution in [1.82, 2.24) is 0 Å². The zero-order chi connectivity index (χ0) is 35.6. The molecule has 4 fully saturated rings. The van der Waals surface area contributed by atoms with E-state index < -0.39 is 17.9 Å². The Balaban J connectivity index is 0.000000340. The van der Waals surface area contributed by atoms with Gasteiger partial charge in [-0.1, -0.05) is 136 Å². The summed E-state index contributed by atoms with van der Waals surface area (Å²) in [5, 5.41) is 27.4. The van der Waals surface area contributed by atoms with Crippen molar-refractivity contribution in [3.63, 3.8) is 0 Å². The van der Waals surface area contributed by atoms with Crippen LogP contribution in [0.15, 0.2) is 0 Å². The summed E-state index contributed by atoms with van der Waals surface area (Å²) >= 11 is 0. The lowest BCUT2D eigenvalue weighted by molar-refractivity contribution is -0.147. The van der Waals surface area contributed by atoms with Crippen LogP contribution in [0.25, 0.3) is 0 Å². The highest BCUT2D eigenvalue weighted by atomic mass is 16.5. The van der Waals surface area contributed by atoms with Crippen LogP contribution in [-0.4, -0.2) is 46.3 Å². The van der Waals surface area contributed by atoms with E-state index in [9.17, 15) is 19.2 Å². The average Bonchev–Trinajstić information content (AvgIpc) is 3.90. The lowest BCUT2D eigenvalue weighted by Crippen LogP contribution is -2.17. The lowest BCUT2D eigenvalue weighted by atomic mass is 9.97. The lowest BCUT2D eigenvalue weighted by Gasteiger charge is -2.11. The first-order valence-electron chi connectivity index (χ1n) is 20.3. The van der Waals surface area contributed by atoms with Gasteiger partial charge in [-0.05, 0) is 77.0 Å². The highest BCUT2D eigenvalue weighted by molar-refractivity contribution is 5.80. The van der Waals surface area contributed by atoms with E-state index in [4.69, 9.17) is 20.1 Å². The molecule has 4 aliphatic carbocycles. The number of ether oxygens (including phenoxy) is 1. The largest absolute Gasteiger partial charge is 0.481 e. The number of carbonyl (C=O) groups excluding carboxylic acids is 1. The summed E-state index contributed by atoms with van der Waals surface area (Å²) in [5.41, 5.74) is -1.10. The Kier molecular flexibility index (Phi) is 19.4. The molecule has 0 atom stereocenters. The van der Waals surface area contributed by atoms with E-state index >= 15 is 0 Å². The zero-order valence-electron chi connectivity index (χ0n) is 31.0. The molecule has 290 valence electrons. The summed E-state index contributed by atoms with van der Waals surface area (Å²) in [6.45, 7) is 0. The normalized spacial score (nSPS) is 19.2. The van der Waals surface area contributed by atoms with Gasteiger partial charge in [0.2, 0.25) is 0 Å². The van der Waals surface area contributed by atoms with Crippen LogP contribution >= 0.6 is 0 Å². The topological polar surface area (TPSA) is 138 Å². The van der Waals surface area contributed by atoms with Gasteiger partial charge in [-0.2, -0.15) is 0 Å². The highest BCUT2D eigenvalue weighted by Gasteiger charge is 2.51. The van der Waals surface area contributed by atoms with Gasteiger partial charge in [0, 0.05) is 0 Å². The van der Waals surface area contributed by atoms with Gasteiger partial charge in [0.1, 0.15) is 0 Å². The SMILES string of the molecule is C.COC(=O)C1(CCCCCCCCCCCCC2(C(=O)O)CC2)CC1.O=C(O)C1(CCCCCCCCCCCCC2(C(=O)O)CC2)CC1. The standard InChI is InChI=1S/C21H36O4.C20H34O4.CH4/c1-25-19(24)21(16-17-21)13-11-9-7-5-3-2-4-6-8-10-12-20(14-15-20)18(22)23;21-17(22)19(13-14-19)11-9-7-5-3-1-2-4-6-8-10-12-20(15-16-20)18(23)24;/h2-17H2,1H3,(H,22,23);1-16H2,(H,21,22)(H,23,24);1H4. The number of esters is 1. The Hall–Kier alpha value is -2.12. The van der Waals surface area contributed by atoms with Crippen LogP contribution in [0.1, 0.15) is 213 Å². The summed E-state index contributed by atoms with van der Waals surface area (Å²) in [6.07, 6.45) is 35.4. The van der Waals surface area contributed by atoms with Crippen LogP contribution in [0.2, 0.25) is 0 Å². The van der Waals surface area contributed by atoms with Gasteiger partial charge in [-0.3, -0.25) is 19.2 Å². The van der Waals surface area contributed by atoms with Gasteiger partial charge >= 0.3 is 23.9 Å². The van der Waals surface area contributed by atoms with Crippen molar-refractivity contribution in [2.75, 3.05) is 7.11 Å². The number of carboxylic acid groups (broad SMARTS) is 3. The maximum Gasteiger partial charge on any atom is 0.311 e. The quantitative estimate of drug-likeness (QED) is 0.0495. The van der Waals surface area contributed by atoms with Gasteiger partial charge in [0.05, 0.1) is 28.8 Å². The second kappa shape index (κ2) is 22.1. The Morgan fingerprint density at radius 2 is 0.560 bits per heavy atom. The molecule has 0 aromatic rings. The van der Waals surface area contributed by atoms with E-state index in [0.29, 0.717) is 0 Å². The first-order valence-corrected chi connectivity index (χ1v) is 20.3. The molecule has 0 saturated heterocycles. The minimum absolute atomic E-state index is 0. The Morgan fingerprint density at radius 3 is 0.720 bits per heavy atom. The van der Waals surface area contributed by atoms with Crippen LogP contribution in [0.5, 0.6) is 0 Å². The molecule has 4 saturated carbocycles. The molecule has 0 heterocycles. The van der Waals surface area contributed by atoms with Gasteiger partial charge < -0.3 is 20.1 Å². The number of methoxy groups -OCH3 is 1. The molecule has 0 spiro atoms. The van der Waals surface area contributed by atoms with Crippen molar-refractivity contribution in [2.24, 2.45) is 21.7 Å². The van der Waals surface area contributed by atoms with Crippen molar-refractivity contribution < 1.29 is 39.2 Å². The number of hydrogen-bond donors (Lipinski definition) is 3. The Morgan fingerprint density at radius 1 is 0.380 bits per heavy atom. The maximum absolute atomic E-state index is 11.6. The highest BCUT2D eigenvalue weighted by Crippen LogP contribution is 2.52. The predicted octanol–water partition coefficient (Wildman–Crippen LogP) is 11.5. The van der Waals surface area contributed by atoms with Crippen molar-refractivity contribution in [1.29, 1.82) is 0 Å². The second-order valence-electron chi connectivity index (χ2n) is 16.6. The molecule has 4 aliphatic rings. The number of unbranched alkanes of at least 4 members (excludes halogenated alkanes) is 18. The average molecular weight is 707 g/mol. The molecule has 0 radical (unpaired) electrons. The van der Waals surface area contributed by atoms with Crippen LogP contribution in [0.3, 0.4) is 0 Å². The van der Waals surface area contributed by atoms with Crippen LogP contribution < -0.4 is 0 Å². The Bertz CT molecular complexity index is 979. The number of hydrogen-bond acceptors (Lipinski definition) is 5. The first kappa shape index (κ1) is 44.0. The number of carboxylic acids is 3. The third-order valence-corrected chi connectivity index (χ3v) is 12.5. The van der Waals surface area contributed by atoms with Crippen LogP contribution in [-0.2, 0) is 23.9 Å². The van der Waals surface area contributed by atoms with Gasteiger partial charge in [-0.25, -0.2) is 0 Å². The van der Waals surface area contributed by atoms with Crippen molar-refractivity contribution in [3.8, 4) is 0 Å². The molecule has 3 N–H and O–H groups in total. The maximum atomic E-state index is 11.6. The minimum Gasteiger partial charge on any atom is -0.481 e. The van der Waals surface area contributed by atoms with Crippen LogP contribution in [0.4, 0.5) is 0 Å². The molecule has 0 bridgehead atoms. The number of aliphatic carboxylic acids is 3. The van der Waals surface area contributed by atoms with Crippen LogP contribution in [0, 0.1) is 21.7 Å². The monoisotopic (exact) mass is 707 g/mol. The first-order chi connectivity index (χ1) is 23.6. The van der Waals surface area contributed by atoms with E-state index in [1.165, 1.54) is 110 Å². The molecule has 0 amide bonds. The number of rotatable bonds is 30. The predicted molar refractivity (Wildman–Crippen MR) is 199 cm³/mol. The molecule has 8 nitrogen and oxygen atoms in total. The molecule has 0 aliphatic heterocycles. The fraction of sp³-hybridized carbons (Fsp3) is 0.905. The molecule has 0 unspecified atom stereocenters. The van der Waals surface area contributed by atoms with E-state index in [2.05, 4.69) is 0 Å². The molecular weight excluding hydrogens is 632 g/mol. The minimum atomic E-state index is -0.585. The second-order valence-corrected chi connectivity index (χ2v) is 16.6.